The lowest BCUT2D eigenvalue weighted by Gasteiger charge is -2.39. The summed E-state index contributed by atoms with van der Waals surface area (Å²) < 4.78 is 0. The second-order valence-electron chi connectivity index (χ2n) is 13.8. The highest BCUT2D eigenvalue weighted by molar-refractivity contribution is 6.30. The second-order valence-corrected chi connectivity index (χ2v) is 14.7. The van der Waals surface area contributed by atoms with Crippen LogP contribution in [0.25, 0.3) is 0 Å². The van der Waals surface area contributed by atoms with Crippen molar-refractivity contribution >= 4 is 35.0 Å². The normalized spacial score (nSPS) is 26.7. The predicted molar refractivity (Wildman–Crippen MR) is 198 cm³/mol. The maximum atomic E-state index is 10.3. The molecule has 0 aliphatic carbocycles. The Balaban J connectivity index is 0.000000182. The number of rotatable bonds is 6. The molecular weight excluding hydrogens is 659 g/mol. The van der Waals surface area contributed by atoms with E-state index < -0.39 is 0 Å². The van der Waals surface area contributed by atoms with Crippen molar-refractivity contribution < 1.29 is 10.2 Å². The quantitative estimate of drug-likeness (QED) is 0.352. The summed E-state index contributed by atoms with van der Waals surface area (Å²) >= 11 is 11.9. The molecule has 0 aromatic heterocycles. The predicted octanol–water partition coefficient (Wildman–Crippen LogP) is 4.11. The standard InChI is InChI=1S/C19H26ClN5O.C16H23ClN2O.C2H3N/c20-14-3-1-13(2-4-14)9-16-10-17(26)12-25(16)15-5-7-24(8-6-15)19-22-11-18(21)23-19;17-13-3-1-12(2-4-13)9-15-10-16(20)11-19(15)14-5-7-18-8-6-14;1-2-3/h1-4,15-17,26H,5-12H2,(H2,21,22,23);1-4,14-16,18,20H,5-11H2;1H3/t16-,17-;15-,16-;/m00./s1. The number of halogens is 2. The van der Waals surface area contributed by atoms with Crippen molar-refractivity contribution in [3.8, 4) is 6.07 Å². The van der Waals surface area contributed by atoms with E-state index in [0.717, 1.165) is 93.8 Å². The third kappa shape index (κ3) is 10.9. The highest BCUT2D eigenvalue weighted by atomic mass is 35.5. The van der Waals surface area contributed by atoms with E-state index in [9.17, 15) is 10.2 Å². The molecule has 0 amide bonds. The van der Waals surface area contributed by atoms with Gasteiger partial charge in [0.05, 0.1) is 18.3 Å². The zero-order valence-electron chi connectivity index (χ0n) is 28.6. The number of aliphatic imine (C=N–C) groups is 2. The molecule has 10 nitrogen and oxygen atoms in total. The van der Waals surface area contributed by atoms with Crippen LogP contribution in [0.3, 0.4) is 0 Å². The summed E-state index contributed by atoms with van der Waals surface area (Å²) in [5.74, 6) is 1.40. The number of aliphatic hydroxyl groups is 2. The summed E-state index contributed by atoms with van der Waals surface area (Å²) in [6.07, 6.45) is 7.85. The lowest BCUT2D eigenvalue weighted by Crippen LogP contribution is -2.48. The summed E-state index contributed by atoms with van der Waals surface area (Å²) in [4.78, 5) is 16.0. The number of nitriles is 1. The number of nitrogens with one attached hydrogen (secondary N) is 1. The molecule has 0 saturated carbocycles. The lowest BCUT2D eigenvalue weighted by molar-refractivity contribution is 0.109. The van der Waals surface area contributed by atoms with Crippen LogP contribution in [0, 0.1) is 11.3 Å². The van der Waals surface area contributed by atoms with Gasteiger partial charge in [-0.1, -0.05) is 47.5 Å². The van der Waals surface area contributed by atoms with Gasteiger partial charge in [-0.05, 0) is 99.8 Å². The minimum absolute atomic E-state index is 0.165. The SMILES string of the molecule is CC#N.NC1=NC(N2CCC(N3C[C@@H](O)C[C@@H]3Cc3ccc(Cl)cc3)CC2)=NC1.O[C@H]1C[C@H](Cc2ccc(Cl)cc2)N(C2CCNCC2)C1. The molecule has 5 aliphatic rings. The van der Waals surface area contributed by atoms with Crippen LogP contribution < -0.4 is 11.1 Å². The Hall–Kier alpha value is -2.75. The van der Waals surface area contributed by atoms with Gasteiger partial charge >= 0.3 is 0 Å². The van der Waals surface area contributed by atoms with E-state index in [4.69, 9.17) is 34.2 Å². The number of hydrogen-bond donors (Lipinski definition) is 4. The largest absolute Gasteiger partial charge is 0.392 e. The van der Waals surface area contributed by atoms with Crippen molar-refractivity contribution in [3.63, 3.8) is 0 Å². The Morgan fingerprint density at radius 3 is 1.69 bits per heavy atom. The molecule has 2 aromatic rings. The molecule has 5 heterocycles. The van der Waals surface area contributed by atoms with Crippen LogP contribution in [0.5, 0.6) is 0 Å². The summed E-state index contributed by atoms with van der Waals surface area (Å²) in [5, 5.41) is 32.6. The van der Waals surface area contributed by atoms with Gasteiger partial charge in [-0.2, -0.15) is 10.3 Å². The van der Waals surface area contributed by atoms with Gasteiger partial charge in [-0.15, -0.1) is 0 Å². The Morgan fingerprint density at radius 2 is 1.27 bits per heavy atom. The number of guanidine groups is 1. The minimum Gasteiger partial charge on any atom is -0.392 e. The first kappa shape index (κ1) is 37.5. The molecule has 12 heteroatoms. The number of amidine groups is 1. The first-order valence-electron chi connectivity index (χ1n) is 17.7. The Labute approximate surface area is 301 Å². The summed E-state index contributed by atoms with van der Waals surface area (Å²) in [7, 11) is 0. The van der Waals surface area contributed by atoms with Crippen LogP contribution in [0.15, 0.2) is 58.5 Å². The first-order valence-corrected chi connectivity index (χ1v) is 18.5. The number of aliphatic hydroxyl groups excluding tert-OH is 2. The summed E-state index contributed by atoms with van der Waals surface area (Å²) in [6, 6.07) is 19.9. The zero-order valence-corrected chi connectivity index (χ0v) is 30.1. The molecule has 0 bridgehead atoms. The maximum absolute atomic E-state index is 10.3. The van der Waals surface area contributed by atoms with E-state index in [1.54, 1.807) is 6.07 Å². The van der Waals surface area contributed by atoms with Gasteiger partial charge < -0.3 is 26.2 Å². The van der Waals surface area contributed by atoms with Crippen LogP contribution in [0.1, 0.15) is 56.6 Å². The smallest absolute Gasteiger partial charge is 0.222 e. The molecule has 7 rings (SSSR count). The van der Waals surface area contributed by atoms with Crippen LogP contribution in [0.4, 0.5) is 0 Å². The number of nitrogens with zero attached hydrogens (tertiary/aromatic N) is 6. The third-order valence-corrected chi connectivity index (χ3v) is 10.8. The second kappa shape index (κ2) is 18.5. The Morgan fingerprint density at radius 1 is 0.816 bits per heavy atom. The van der Waals surface area contributed by atoms with Crippen LogP contribution in [-0.2, 0) is 12.8 Å². The van der Waals surface area contributed by atoms with E-state index in [2.05, 4.69) is 54.3 Å². The molecule has 0 radical (unpaired) electrons. The van der Waals surface area contributed by atoms with E-state index >= 15 is 0 Å². The molecule has 5 aliphatic heterocycles. The minimum atomic E-state index is -0.228. The number of piperidine rings is 2. The van der Waals surface area contributed by atoms with Gasteiger partial charge in [-0.25, -0.2) is 4.99 Å². The molecule has 4 fully saturated rings. The van der Waals surface area contributed by atoms with Crippen molar-refractivity contribution in [2.45, 2.75) is 94.7 Å². The summed E-state index contributed by atoms with van der Waals surface area (Å²) in [6.45, 7) is 7.66. The highest BCUT2D eigenvalue weighted by Gasteiger charge is 2.38. The molecular formula is C37H52Cl2N8O2. The third-order valence-electron chi connectivity index (χ3n) is 10.3. The molecule has 4 saturated heterocycles. The monoisotopic (exact) mass is 710 g/mol. The van der Waals surface area contributed by atoms with E-state index in [1.807, 2.05) is 24.3 Å². The van der Waals surface area contributed by atoms with Gasteiger partial charge in [-0.3, -0.25) is 9.80 Å². The average molecular weight is 712 g/mol. The topological polar surface area (TPSA) is 137 Å². The van der Waals surface area contributed by atoms with Crippen molar-refractivity contribution in [3.05, 3.63) is 69.7 Å². The average Bonchev–Trinajstić information content (AvgIpc) is 3.82. The van der Waals surface area contributed by atoms with Crippen molar-refractivity contribution in [2.75, 3.05) is 45.8 Å². The Bertz CT molecular complexity index is 1420. The van der Waals surface area contributed by atoms with Crippen molar-refractivity contribution in [1.29, 1.82) is 5.26 Å². The highest BCUT2D eigenvalue weighted by Crippen LogP contribution is 2.30. The van der Waals surface area contributed by atoms with E-state index in [-0.39, 0.29) is 12.2 Å². The van der Waals surface area contributed by atoms with E-state index in [0.29, 0.717) is 36.5 Å². The van der Waals surface area contributed by atoms with Crippen LogP contribution >= 0.6 is 23.2 Å². The fourth-order valence-electron chi connectivity index (χ4n) is 7.97. The number of benzene rings is 2. The number of nitrogens with two attached hydrogens (primary N) is 1. The van der Waals surface area contributed by atoms with Gasteiger partial charge in [0, 0.05) is 67.3 Å². The molecule has 4 atom stereocenters. The fourth-order valence-corrected chi connectivity index (χ4v) is 8.22. The maximum Gasteiger partial charge on any atom is 0.222 e. The number of β-amino-alcohol motifs (C(OH)–C–C–N with tert-alkyl or cyclic N) is 2. The molecule has 2 aromatic carbocycles. The van der Waals surface area contributed by atoms with Gasteiger partial charge in [0.15, 0.2) is 0 Å². The molecule has 0 unspecified atom stereocenters. The van der Waals surface area contributed by atoms with Gasteiger partial charge in [0.1, 0.15) is 12.4 Å². The Kier molecular flexibility index (Phi) is 14.1. The van der Waals surface area contributed by atoms with Crippen LogP contribution in [0.2, 0.25) is 10.0 Å². The first-order chi connectivity index (χ1) is 23.7. The van der Waals surface area contributed by atoms with E-state index in [1.165, 1.54) is 30.9 Å². The lowest BCUT2D eigenvalue weighted by atomic mass is 9.99. The fraction of sp³-hybridized carbons (Fsp3) is 0.595. The molecule has 49 heavy (non-hydrogen) atoms. The zero-order chi connectivity index (χ0) is 34.8. The van der Waals surface area contributed by atoms with Gasteiger partial charge in [0.2, 0.25) is 5.96 Å². The van der Waals surface area contributed by atoms with Crippen LogP contribution in [-0.4, -0.2) is 119 Å². The summed E-state index contributed by atoms with van der Waals surface area (Å²) in [5.41, 5.74) is 8.33. The molecule has 5 N–H and O–H groups in total. The molecule has 0 spiro atoms. The molecule has 266 valence electrons. The van der Waals surface area contributed by atoms with Crippen molar-refractivity contribution in [2.24, 2.45) is 15.7 Å². The van der Waals surface area contributed by atoms with Crippen molar-refractivity contribution in [1.82, 2.24) is 20.0 Å². The van der Waals surface area contributed by atoms with Gasteiger partial charge in [0.25, 0.3) is 0 Å². The number of hydrogen-bond acceptors (Lipinski definition) is 10. The number of likely N-dealkylation sites (tertiary alicyclic amines) is 3.